The van der Waals surface area contributed by atoms with Crippen molar-refractivity contribution in [2.75, 3.05) is 13.1 Å². The average Bonchev–Trinajstić information content (AvgIpc) is 2.86. The van der Waals surface area contributed by atoms with Crippen LogP contribution in [0.25, 0.3) is 0 Å². The van der Waals surface area contributed by atoms with E-state index in [0.717, 1.165) is 11.1 Å². The molecule has 0 radical (unpaired) electrons. The van der Waals surface area contributed by atoms with Crippen LogP contribution in [-0.4, -0.2) is 48.4 Å². The smallest absolute Gasteiger partial charge is 0.323 e. The topological polar surface area (TPSA) is 111 Å². The summed E-state index contributed by atoms with van der Waals surface area (Å²) in [5.41, 5.74) is 8.48. The highest BCUT2D eigenvalue weighted by molar-refractivity contribution is 5.97. The fourth-order valence-corrected chi connectivity index (χ4v) is 3.55. The van der Waals surface area contributed by atoms with E-state index in [0.29, 0.717) is 17.7 Å². The number of rotatable bonds is 11. The van der Waals surface area contributed by atoms with Crippen LogP contribution >= 0.6 is 0 Å². The van der Waals surface area contributed by atoms with Crippen LogP contribution in [0.5, 0.6) is 0 Å². The molecule has 3 rings (SSSR count). The van der Waals surface area contributed by atoms with Crippen LogP contribution in [0, 0.1) is 0 Å². The first-order chi connectivity index (χ1) is 16.7. The van der Waals surface area contributed by atoms with Gasteiger partial charge in [-0.25, -0.2) is 8.78 Å². The molecule has 1 heterocycles. The number of carbonyl (C=O) groups is 3. The molecule has 1 aliphatic heterocycles. The van der Waals surface area contributed by atoms with E-state index in [1.807, 2.05) is 30.3 Å². The molecule has 0 spiro atoms. The highest BCUT2D eigenvalue weighted by Crippen LogP contribution is 2.26. The molecule has 1 amide bonds. The minimum atomic E-state index is -2.75. The van der Waals surface area contributed by atoms with E-state index in [2.05, 4.69) is 10.3 Å². The van der Waals surface area contributed by atoms with Gasteiger partial charge in [-0.05, 0) is 36.1 Å². The predicted octanol–water partition coefficient (Wildman–Crippen LogP) is 3.25. The van der Waals surface area contributed by atoms with Crippen LogP contribution in [0.4, 0.5) is 8.78 Å². The Kier molecular flexibility index (Phi) is 9.19. The van der Waals surface area contributed by atoms with Gasteiger partial charge < -0.3 is 15.8 Å². The molecule has 2 aromatic carbocycles. The highest BCUT2D eigenvalue weighted by atomic mass is 19.3. The van der Waals surface area contributed by atoms with Crippen LogP contribution in [-0.2, 0) is 27.4 Å². The summed E-state index contributed by atoms with van der Waals surface area (Å²) in [7, 11) is 0. The number of hydrogen-bond acceptors (Lipinski definition) is 6. The van der Waals surface area contributed by atoms with Crippen molar-refractivity contribution in [3.05, 3.63) is 71.3 Å². The molecule has 186 valence electrons. The van der Waals surface area contributed by atoms with Crippen molar-refractivity contribution in [3.8, 4) is 0 Å². The number of carbonyl (C=O) groups excluding carboxylic acids is 3. The molecular formula is C26H29F2N3O4. The largest absolute Gasteiger partial charge is 0.460 e. The Morgan fingerprint density at radius 3 is 2.54 bits per heavy atom. The molecule has 1 aliphatic rings. The van der Waals surface area contributed by atoms with Gasteiger partial charge >= 0.3 is 5.97 Å². The van der Waals surface area contributed by atoms with Gasteiger partial charge in [0.05, 0.1) is 6.54 Å². The number of nitrogens with zero attached hydrogens (tertiary/aromatic N) is 1. The summed E-state index contributed by atoms with van der Waals surface area (Å²) in [6.07, 6.45) is 0.530. The molecular weight excluding hydrogens is 456 g/mol. The Hall–Kier alpha value is -3.46. The molecule has 0 unspecified atom stereocenters. The second kappa shape index (κ2) is 12.3. The lowest BCUT2D eigenvalue weighted by Crippen LogP contribution is -2.34. The van der Waals surface area contributed by atoms with E-state index >= 15 is 0 Å². The van der Waals surface area contributed by atoms with E-state index in [4.69, 9.17) is 10.5 Å². The van der Waals surface area contributed by atoms with Gasteiger partial charge in [-0.2, -0.15) is 0 Å². The SMILES string of the molecule is N[C@@H](CCC(=O)CNC(=O)c1cccc(CC2=NCC(F)(F)CC2)c1)C(=O)OCc1ccccc1. The van der Waals surface area contributed by atoms with Gasteiger partial charge in [0.15, 0.2) is 5.78 Å². The summed E-state index contributed by atoms with van der Waals surface area (Å²) in [5, 5.41) is 2.57. The van der Waals surface area contributed by atoms with Gasteiger partial charge in [-0.3, -0.25) is 19.4 Å². The minimum absolute atomic E-state index is 0.0202. The first kappa shape index (κ1) is 26.2. The maximum Gasteiger partial charge on any atom is 0.323 e. The lowest BCUT2D eigenvalue weighted by molar-refractivity contribution is -0.146. The van der Waals surface area contributed by atoms with Gasteiger partial charge in [-0.1, -0.05) is 42.5 Å². The zero-order valence-corrected chi connectivity index (χ0v) is 19.3. The van der Waals surface area contributed by atoms with Crippen molar-refractivity contribution in [1.29, 1.82) is 0 Å². The summed E-state index contributed by atoms with van der Waals surface area (Å²) in [6.45, 7) is -0.591. The third-order valence-corrected chi connectivity index (χ3v) is 5.62. The normalized spacial score (nSPS) is 15.6. The number of ketones is 1. The molecule has 0 bridgehead atoms. The zero-order valence-electron chi connectivity index (χ0n) is 19.3. The van der Waals surface area contributed by atoms with Gasteiger partial charge in [0.1, 0.15) is 19.2 Å². The molecule has 0 saturated carbocycles. The zero-order chi connectivity index (χ0) is 25.3. The van der Waals surface area contributed by atoms with Crippen molar-refractivity contribution in [2.45, 2.75) is 50.7 Å². The number of alkyl halides is 2. The summed E-state index contributed by atoms with van der Waals surface area (Å²) >= 11 is 0. The number of nitrogens with two attached hydrogens (primary N) is 1. The van der Waals surface area contributed by atoms with Crippen molar-refractivity contribution >= 4 is 23.4 Å². The standard InChI is InChI=1S/C26H29F2N3O4/c27-26(28)12-11-21(31-17-26)14-19-7-4-8-20(13-19)24(33)30-15-22(32)9-10-23(29)25(34)35-16-18-5-2-1-3-6-18/h1-8,13,23H,9-12,14-17,29H2,(H,30,33)/t23-/m0/s1. The fraction of sp³-hybridized carbons (Fsp3) is 0.385. The first-order valence-corrected chi connectivity index (χ1v) is 11.5. The van der Waals surface area contributed by atoms with Crippen LogP contribution < -0.4 is 11.1 Å². The number of aliphatic imine (C=N–C) groups is 1. The summed E-state index contributed by atoms with van der Waals surface area (Å²) in [4.78, 5) is 40.6. The molecule has 0 fully saturated rings. The molecule has 3 N–H and O–H groups in total. The molecule has 0 aromatic heterocycles. The van der Waals surface area contributed by atoms with E-state index in [-0.39, 0.29) is 44.6 Å². The number of halogens is 2. The van der Waals surface area contributed by atoms with Crippen LogP contribution in [0.15, 0.2) is 59.6 Å². The second-order valence-electron chi connectivity index (χ2n) is 8.58. The van der Waals surface area contributed by atoms with E-state index in [1.165, 1.54) is 0 Å². The maximum absolute atomic E-state index is 13.3. The summed E-state index contributed by atoms with van der Waals surface area (Å²) < 4.78 is 31.7. The Balaban J connectivity index is 1.39. The number of nitrogens with one attached hydrogen (secondary N) is 1. The third kappa shape index (κ3) is 8.68. The molecule has 9 heteroatoms. The van der Waals surface area contributed by atoms with Gasteiger partial charge in [0, 0.05) is 30.5 Å². The van der Waals surface area contributed by atoms with Gasteiger partial charge in [0.2, 0.25) is 0 Å². The second-order valence-corrected chi connectivity index (χ2v) is 8.58. The molecule has 0 saturated heterocycles. The summed E-state index contributed by atoms with van der Waals surface area (Å²) in [6, 6.07) is 15.0. The Labute approximate surface area is 202 Å². The number of Topliss-reactive ketones (excluding diaryl/α,β-unsaturated/α-hetero) is 1. The molecule has 1 atom stereocenters. The van der Waals surface area contributed by atoms with E-state index in [9.17, 15) is 23.2 Å². The lowest BCUT2D eigenvalue weighted by Gasteiger charge is -2.20. The molecule has 2 aromatic rings. The van der Waals surface area contributed by atoms with E-state index < -0.39 is 30.4 Å². The number of benzene rings is 2. The van der Waals surface area contributed by atoms with Crippen LogP contribution in [0.3, 0.4) is 0 Å². The van der Waals surface area contributed by atoms with Crippen molar-refractivity contribution in [3.63, 3.8) is 0 Å². The Morgan fingerprint density at radius 1 is 1.09 bits per heavy atom. The molecule has 0 aliphatic carbocycles. The molecule has 35 heavy (non-hydrogen) atoms. The number of hydrogen-bond donors (Lipinski definition) is 2. The molecule has 7 nitrogen and oxygen atoms in total. The fourth-order valence-electron chi connectivity index (χ4n) is 3.55. The quantitative estimate of drug-likeness (QED) is 0.475. The monoisotopic (exact) mass is 485 g/mol. The van der Waals surface area contributed by atoms with Crippen molar-refractivity contribution in [1.82, 2.24) is 5.32 Å². The predicted molar refractivity (Wildman–Crippen MR) is 127 cm³/mol. The van der Waals surface area contributed by atoms with Crippen molar-refractivity contribution < 1.29 is 27.9 Å². The Morgan fingerprint density at radius 2 is 1.83 bits per heavy atom. The van der Waals surface area contributed by atoms with E-state index in [1.54, 1.807) is 24.3 Å². The Bertz CT molecular complexity index is 1070. The van der Waals surface area contributed by atoms with Crippen LogP contribution in [0.1, 0.15) is 47.2 Å². The maximum atomic E-state index is 13.3. The number of esters is 1. The van der Waals surface area contributed by atoms with Gasteiger partial charge in [0.25, 0.3) is 11.8 Å². The average molecular weight is 486 g/mol. The number of amides is 1. The third-order valence-electron chi connectivity index (χ3n) is 5.62. The number of ether oxygens (including phenoxy) is 1. The minimum Gasteiger partial charge on any atom is -0.460 e. The van der Waals surface area contributed by atoms with Crippen molar-refractivity contribution in [2.24, 2.45) is 10.7 Å². The lowest BCUT2D eigenvalue weighted by atomic mass is 9.98. The summed E-state index contributed by atoms with van der Waals surface area (Å²) in [5.74, 6) is -4.03. The van der Waals surface area contributed by atoms with Crippen LogP contribution in [0.2, 0.25) is 0 Å². The highest BCUT2D eigenvalue weighted by Gasteiger charge is 2.32. The van der Waals surface area contributed by atoms with Gasteiger partial charge in [-0.15, -0.1) is 0 Å². The first-order valence-electron chi connectivity index (χ1n) is 11.5.